The minimum atomic E-state index is -0.692. The molecule has 0 bridgehead atoms. The molecule has 120 valence electrons. The van der Waals surface area contributed by atoms with Gasteiger partial charge in [-0.3, -0.25) is 9.78 Å². The van der Waals surface area contributed by atoms with Gasteiger partial charge in [0.2, 0.25) is 5.91 Å². The number of benzene rings is 1. The fourth-order valence-corrected chi connectivity index (χ4v) is 2.60. The molecule has 1 fully saturated rings. The zero-order chi connectivity index (χ0) is 16.2. The third-order valence-corrected chi connectivity index (χ3v) is 3.81. The number of pyridine rings is 1. The Balaban J connectivity index is 1.57. The van der Waals surface area contributed by atoms with Gasteiger partial charge in [0.25, 0.3) is 0 Å². The van der Waals surface area contributed by atoms with Crippen molar-refractivity contribution in [2.45, 2.75) is 18.9 Å². The Bertz CT molecular complexity index is 694. The Morgan fingerprint density at radius 3 is 2.78 bits per heavy atom. The number of rotatable bonds is 4. The SMILES string of the molecule is O=C(Cc1ccc(F)cc1F)N1CC[C@@H](Oc2ccncc2)C1. The highest BCUT2D eigenvalue weighted by Gasteiger charge is 2.28. The zero-order valence-corrected chi connectivity index (χ0v) is 12.4. The van der Waals surface area contributed by atoms with Crippen molar-refractivity contribution in [2.75, 3.05) is 13.1 Å². The van der Waals surface area contributed by atoms with E-state index < -0.39 is 11.6 Å². The summed E-state index contributed by atoms with van der Waals surface area (Å²) in [4.78, 5) is 17.8. The maximum Gasteiger partial charge on any atom is 0.227 e. The summed E-state index contributed by atoms with van der Waals surface area (Å²) in [5.41, 5.74) is 0.204. The van der Waals surface area contributed by atoms with Crippen molar-refractivity contribution < 1.29 is 18.3 Å². The molecule has 6 heteroatoms. The monoisotopic (exact) mass is 318 g/mol. The summed E-state index contributed by atoms with van der Waals surface area (Å²) in [5, 5.41) is 0. The van der Waals surface area contributed by atoms with Crippen LogP contribution >= 0.6 is 0 Å². The molecule has 2 heterocycles. The first-order valence-corrected chi connectivity index (χ1v) is 7.40. The smallest absolute Gasteiger partial charge is 0.227 e. The molecule has 1 aromatic carbocycles. The van der Waals surface area contributed by atoms with Crippen molar-refractivity contribution in [1.82, 2.24) is 9.88 Å². The molecule has 1 aliphatic heterocycles. The molecule has 1 atom stereocenters. The van der Waals surface area contributed by atoms with E-state index in [2.05, 4.69) is 4.98 Å². The van der Waals surface area contributed by atoms with Crippen LogP contribution in [0.3, 0.4) is 0 Å². The Kier molecular flexibility index (Phi) is 4.50. The van der Waals surface area contributed by atoms with Crippen molar-refractivity contribution in [1.29, 1.82) is 0 Å². The average Bonchev–Trinajstić information content (AvgIpc) is 3.00. The molecule has 0 spiro atoms. The van der Waals surface area contributed by atoms with E-state index >= 15 is 0 Å². The number of halogens is 2. The predicted molar refractivity (Wildman–Crippen MR) is 79.9 cm³/mol. The maximum atomic E-state index is 13.6. The highest BCUT2D eigenvalue weighted by molar-refractivity contribution is 5.79. The first-order valence-electron chi connectivity index (χ1n) is 7.40. The van der Waals surface area contributed by atoms with Crippen LogP contribution in [0.1, 0.15) is 12.0 Å². The lowest BCUT2D eigenvalue weighted by Crippen LogP contribution is -2.32. The van der Waals surface area contributed by atoms with Crippen molar-refractivity contribution in [3.05, 3.63) is 59.9 Å². The molecule has 1 saturated heterocycles. The molecule has 0 unspecified atom stereocenters. The van der Waals surface area contributed by atoms with Crippen LogP contribution in [0.25, 0.3) is 0 Å². The second-order valence-corrected chi connectivity index (χ2v) is 5.46. The number of nitrogens with zero attached hydrogens (tertiary/aromatic N) is 2. The fourth-order valence-electron chi connectivity index (χ4n) is 2.60. The van der Waals surface area contributed by atoms with Gasteiger partial charge in [-0.2, -0.15) is 0 Å². The molecule has 1 aromatic heterocycles. The van der Waals surface area contributed by atoms with E-state index in [0.717, 1.165) is 18.6 Å². The van der Waals surface area contributed by atoms with Crippen LogP contribution in [0.4, 0.5) is 8.78 Å². The molecule has 3 rings (SSSR count). The quantitative estimate of drug-likeness (QED) is 0.870. The van der Waals surface area contributed by atoms with Gasteiger partial charge in [-0.25, -0.2) is 8.78 Å². The maximum absolute atomic E-state index is 13.6. The van der Waals surface area contributed by atoms with Crippen LogP contribution in [0.2, 0.25) is 0 Å². The van der Waals surface area contributed by atoms with Crippen molar-refractivity contribution in [2.24, 2.45) is 0 Å². The van der Waals surface area contributed by atoms with Crippen LogP contribution in [-0.2, 0) is 11.2 Å². The molecule has 0 N–H and O–H groups in total. The van der Waals surface area contributed by atoms with Crippen molar-refractivity contribution in [3.8, 4) is 5.75 Å². The van der Waals surface area contributed by atoms with Crippen LogP contribution in [0.5, 0.6) is 5.75 Å². The average molecular weight is 318 g/mol. The van der Waals surface area contributed by atoms with Crippen LogP contribution in [0, 0.1) is 11.6 Å². The van der Waals surface area contributed by atoms with Crippen LogP contribution in [0.15, 0.2) is 42.7 Å². The van der Waals surface area contributed by atoms with E-state index in [0.29, 0.717) is 18.8 Å². The van der Waals surface area contributed by atoms with E-state index in [9.17, 15) is 13.6 Å². The highest BCUT2D eigenvalue weighted by atomic mass is 19.1. The minimum Gasteiger partial charge on any atom is -0.488 e. The Morgan fingerprint density at radius 2 is 2.04 bits per heavy atom. The largest absolute Gasteiger partial charge is 0.488 e. The minimum absolute atomic E-state index is 0.0753. The molecule has 23 heavy (non-hydrogen) atoms. The Morgan fingerprint density at radius 1 is 1.26 bits per heavy atom. The number of amides is 1. The second kappa shape index (κ2) is 6.73. The van der Waals surface area contributed by atoms with Gasteiger partial charge in [-0.05, 0) is 23.8 Å². The van der Waals surface area contributed by atoms with Crippen molar-refractivity contribution in [3.63, 3.8) is 0 Å². The number of ether oxygens (including phenoxy) is 1. The predicted octanol–water partition coefficient (Wildman–Crippen LogP) is 2.58. The van der Waals surface area contributed by atoms with Crippen LogP contribution < -0.4 is 4.74 Å². The Labute approximate surface area is 132 Å². The molecular formula is C17H16F2N2O2. The van der Waals surface area contributed by atoms with Gasteiger partial charge >= 0.3 is 0 Å². The lowest BCUT2D eigenvalue weighted by atomic mass is 10.1. The first-order chi connectivity index (χ1) is 11.1. The van der Waals surface area contributed by atoms with Gasteiger partial charge in [0.05, 0.1) is 13.0 Å². The first kappa shape index (κ1) is 15.4. The van der Waals surface area contributed by atoms with Crippen LogP contribution in [-0.4, -0.2) is 35.0 Å². The van der Waals surface area contributed by atoms with E-state index in [4.69, 9.17) is 4.74 Å². The molecule has 1 aliphatic rings. The molecule has 1 amide bonds. The number of carbonyl (C=O) groups excluding carboxylic acids is 1. The molecule has 2 aromatic rings. The number of carbonyl (C=O) groups is 1. The van der Waals surface area contributed by atoms with E-state index in [1.54, 1.807) is 29.4 Å². The third kappa shape index (κ3) is 3.83. The summed E-state index contributed by atoms with van der Waals surface area (Å²) >= 11 is 0. The third-order valence-electron chi connectivity index (χ3n) is 3.81. The topological polar surface area (TPSA) is 42.4 Å². The number of likely N-dealkylation sites (tertiary alicyclic amines) is 1. The lowest BCUT2D eigenvalue weighted by molar-refractivity contribution is -0.129. The van der Waals surface area contributed by atoms with Gasteiger partial charge in [0.15, 0.2) is 0 Å². The molecule has 0 radical (unpaired) electrons. The number of aromatic nitrogens is 1. The van der Waals surface area contributed by atoms with E-state index in [1.807, 2.05) is 0 Å². The number of hydrogen-bond acceptors (Lipinski definition) is 3. The summed E-state index contributed by atoms with van der Waals surface area (Å²) in [6.45, 7) is 1.03. The molecule has 4 nitrogen and oxygen atoms in total. The van der Waals surface area contributed by atoms with E-state index in [1.165, 1.54) is 6.07 Å². The van der Waals surface area contributed by atoms with Crippen molar-refractivity contribution >= 4 is 5.91 Å². The molecule has 0 saturated carbocycles. The summed E-state index contributed by atoms with van der Waals surface area (Å²) in [6.07, 6.45) is 3.85. The Hall–Kier alpha value is -2.50. The lowest BCUT2D eigenvalue weighted by Gasteiger charge is -2.17. The summed E-state index contributed by atoms with van der Waals surface area (Å²) < 4.78 is 32.3. The van der Waals surface area contributed by atoms with Gasteiger partial charge in [-0.1, -0.05) is 6.07 Å². The summed E-state index contributed by atoms with van der Waals surface area (Å²) in [6, 6.07) is 6.79. The fraction of sp³-hybridized carbons (Fsp3) is 0.294. The summed E-state index contributed by atoms with van der Waals surface area (Å²) in [7, 11) is 0. The standard InChI is InChI=1S/C17H16F2N2O2/c18-13-2-1-12(16(19)10-13)9-17(22)21-8-5-15(11-21)23-14-3-6-20-7-4-14/h1-4,6-7,10,15H,5,8-9,11H2/t15-/m1/s1. The van der Waals surface area contributed by atoms with Gasteiger partial charge in [-0.15, -0.1) is 0 Å². The van der Waals surface area contributed by atoms with Gasteiger partial charge < -0.3 is 9.64 Å². The number of hydrogen-bond donors (Lipinski definition) is 0. The molecular weight excluding hydrogens is 302 g/mol. The van der Waals surface area contributed by atoms with Gasteiger partial charge in [0.1, 0.15) is 23.5 Å². The zero-order valence-electron chi connectivity index (χ0n) is 12.4. The van der Waals surface area contributed by atoms with E-state index in [-0.39, 0.29) is 24.0 Å². The summed E-state index contributed by atoms with van der Waals surface area (Å²) in [5.74, 6) is -0.812. The molecule has 0 aliphatic carbocycles. The normalized spacial score (nSPS) is 17.3. The van der Waals surface area contributed by atoms with Gasteiger partial charge in [0, 0.05) is 31.4 Å². The highest BCUT2D eigenvalue weighted by Crippen LogP contribution is 2.19. The second-order valence-electron chi connectivity index (χ2n) is 5.46.